The molecule has 0 bridgehead atoms. The number of nitrogens with one attached hydrogen (secondary N) is 1. The van der Waals surface area contributed by atoms with Gasteiger partial charge in [0.25, 0.3) is 0 Å². The Kier molecular flexibility index (Phi) is 0.755. The Morgan fingerprint density at radius 3 is 3.00 bits per heavy atom. The quantitative estimate of drug-likeness (QED) is 0.465. The van der Waals surface area contributed by atoms with Crippen LogP contribution in [0.2, 0.25) is 0 Å². The van der Waals surface area contributed by atoms with E-state index in [4.69, 9.17) is 1.37 Å². The predicted octanol–water partition coefficient (Wildman–Crippen LogP) is 0.285. The minimum atomic E-state index is -0.509. The molecule has 40 valence electrons. The molecule has 1 aliphatic heterocycles. The summed E-state index contributed by atoms with van der Waals surface area (Å²) in [5.41, 5.74) is 0. The van der Waals surface area contributed by atoms with Crippen molar-refractivity contribution in [2.45, 2.75) is 25.8 Å². The van der Waals surface area contributed by atoms with Gasteiger partial charge in [-0.15, -0.1) is 0 Å². The summed E-state index contributed by atoms with van der Waals surface area (Å²) >= 11 is 0. The number of carbonyl (C=O) groups excluding carboxylic acids is 1. The smallest absolute Gasteiger partial charge is 0.220 e. The highest BCUT2D eigenvalue weighted by atomic mass is 16.1. The van der Waals surface area contributed by atoms with Crippen LogP contribution in [0.15, 0.2) is 0 Å². The Balaban J connectivity index is 2.51. The van der Waals surface area contributed by atoms with Crippen LogP contribution in [0, 0.1) is 0 Å². The molecule has 0 aromatic heterocycles. The first-order valence-corrected chi connectivity index (χ1v) is 2.43. The van der Waals surface area contributed by atoms with Crippen molar-refractivity contribution in [1.82, 2.24) is 5.32 Å². The summed E-state index contributed by atoms with van der Waals surface area (Å²) in [6.07, 6.45) is 0.156. The van der Waals surface area contributed by atoms with Gasteiger partial charge in [-0.3, -0.25) is 4.79 Å². The number of hydrogen-bond acceptors (Lipinski definition) is 1. The van der Waals surface area contributed by atoms with Crippen molar-refractivity contribution < 1.29 is 6.17 Å². The summed E-state index contributed by atoms with van der Waals surface area (Å²) in [5.74, 6) is -0.127. The maximum atomic E-state index is 10.5. The number of rotatable bonds is 0. The third-order valence-corrected chi connectivity index (χ3v) is 1.05. The largest absolute Gasteiger partial charge is 0.354 e. The number of amides is 1. The van der Waals surface area contributed by atoms with E-state index < -0.39 is 6.40 Å². The van der Waals surface area contributed by atoms with Crippen molar-refractivity contribution in [2.75, 3.05) is 0 Å². The Bertz CT molecular complexity index is 115. The molecule has 0 aromatic carbocycles. The SMILES string of the molecule is [2H][C@@H]1C[C@@H](C)NC1=O. The molecule has 1 amide bonds. The first-order valence-electron chi connectivity index (χ1n) is 3.00. The molecule has 2 atom stereocenters. The van der Waals surface area contributed by atoms with Crippen LogP contribution in [-0.4, -0.2) is 11.9 Å². The number of carbonyl (C=O) groups is 1. The Morgan fingerprint density at radius 1 is 2.14 bits per heavy atom. The van der Waals surface area contributed by atoms with Crippen LogP contribution in [-0.2, 0) is 4.79 Å². The van der Waals surface area contributed by atoms with E-state index in [1.807, 2.05) is 6.92 Å². The molecular formula is C5H9NO. The van der Waals surface area contributed by atoms with Crippen LogP contribution in [0.4, 0.5) is 0 Å². The van der Waals surface area contributed by atoms with Crippen molar-refractivity contribution in [2.24, 2.45) is 0 Å². The summed E-state index contributed by atoms with van der Waals surface area (Å²) in [7, 11) is 0. The van der Waals surface area contributed by atoms with Crippen LogP contribution in [0.3, 0.4) is 0 Å². The van der Waals surface area contributed by atoms with E-state index in [0.717, 1.165) is 0 Å². The number of hydrogen-bond donors (Lipinski definition) is 1. The van der Waals surface area contributed by atoms with E-state index in [0.29, 0.717) is 6.42 Å². The lowest BCUT2D eigenvalue weighted by Crippen LogP contribution is -2.21. The standard InChI is InChI=1S/C5H9NO/c1-4-2-3-5(7)6-4/h4H,2-3H2,1H3,(H,6,7)/t4-/m1/s1/i3D/t3-,4-. The Morgan fingerprint density at radius 2 is 2.86 bits per heavy atom. The van der Waals surface area contributed by atoms with Gasteiger partial charge in [-0.05, 0) is 13.3 Å². The minimum absolute atomic E-state index is 0.127. The maximum absolute atomic E-state index is 10.5. The molecule has 1 fully saturated rings. The second-order valence-electron chi connectivity index (χ2n) is 1.85. The van der Waals surface area contributed by atoms with E-state index in [1.54, 1.807) is 0 Å². The van der Waals surface area contributed by atoms with E-state index in [-0.39, 0.29) is 11.9 Å². The van der Waals surface area contributed by atoms with Gasteiger partial charge in [0.15, 0.2) is 0 Å². The highest BCUT2D eigenvalue weighted by molar-refractivity contribution is 5.78. The van der Waals surface area contributed by atoms with Gasteiger partial charge < -0.3 is 5.32 Å². The first-order chi connectivity index (χ1) is 3.70. The molecule has 1 N–H and O–H groups in total. The molecule has 2 heteroatoms. The average Bonchev–Trinajstić information content (AvgIpc) is 1.85. The Hall–Kier alpha value is -0.530. The third-order valence-electron chi connectivity index (χ3n) is 1.05. The monoisotopic (exact) mass is 100 g/mol. The fourth-order valence-electron chi connectivity index (χ4n) is 0.645. The summed E-state index contributed by atoms with van der Waals surface area (Å²) < 4.78 is 7.06. The minimum Gasteiger partial charge on any atom is -0.354 e. The normalized spacial score (nSPS) is 43.0. The van der Waals surface area contributed by atoms with Crippen molar-refractivity contribution in [3.8, 4) is 0 Å². The zero-order valence-corrected chi connectivity index (χ0v) is 4.27. The van der Waals surface area contributed by atoms with Gasteiger partial charge in [-0.1, -0.05) is 0 Å². The van der Waals surface area contributed by atoms with Gasteiger partial charge in [-0.25, -0.2) is 0 Å². The maximum Gasteiger partial charge on any atom is 0.220 e. The summed E-state index contributed by atoms with van der Waals surface area (Å²) in [6, 6.07) is 0.213. The highest BCUT2D eigenvalue weighted by Gasteiger charge is 2.14. The molecular weight excluding hydrogens is 90.1 g/mol. The molecule has 0 aromatic rings. The second-order valence-corrected chi connectivity index (χ2v) is 1.85. The molecule has 0 saturated carbocycles. The van der Waals surface area contributed by atoms with Crippen LogP contribution in [0.25, 0.3) is 0 Å². The van der Waals surface area contributed by atoms with E-state index >= 15 is 0 Å². The summed E-state index contributed by atoms with van der Waals surface area (Å²) in [4.78, 5) is 10.5. The van der Waals surface area contributed by atoms with Crippen molar-refractivity contribution in [1.29, 1.82) is 0 Å². The van der Waals surface area contributed by atoms with Crippen LogP contribution in [0.1, 0.15) is 21.1 Å². The Labute approximate surface area is 44.3 Å². The van der Waals surface area contributed by atoms with E-state index in [9.17, 15) is 4.79 Å². The lowest BCUT2D eigenvalue weighted by atomic mass is 10.3. The average molecular weight is 100 g/mol. The van der Waals surface area contributed by atoms with Gasteiger partial charge in [-0.2, -0.15) is 0 Å². The fourth-order valence-corrected chi connectivity index (χ4v) is 0.645. The van der Waals surface area contributed by atoms with Crippen LogP contribution >= 0.6 is 0 Å². The van der Waals surface area contributed by atoms with Crippen LogP contribution < -0.4 is 5.32 Å². The van der Waals surface area contributed by atoms with Gasteiger partial charge >= 0.3 is 0 Å². The molecule has 7 heavy (non-hydrogen) atoms. The van der Waals surface area contributed by atoms with Gasteiger partial charge in [0.1, 0.15) is 0 Å². The van der Waals surface area contributed by atoms with Crippen molar-refractivity contribution >= 4 is 5.91 Å². The van der Waals surface area contributed by atoms with Crippen molar-refractivity contribution in [3.63, 3.8) is 0 Å². The third kappa shape index (κ3) is 0.918. The topological polar surface area (TPSA) is 29.1 Å². The van der Waals surface area contributed by atoms with Crippen molar-refractivity contribution in [3.05, 3.63) is 0 Å². The van der Waals surface area contributed by atoms with Gasteiger partial charge in [0.2, 0.25) is 5.91 Å². The lowest BCUT2D eigenvalue weighted by Gasteiger charge is -1.95. The molecule has 1 saturated heterocycles. The van der Waals surface area contributed by atoms with Crippen LogP contribution in [0.5, 0.6) is 0 Å². The van der Waals surface area contributed by atoms with E-state index in [1.165, 1.54) is 0 Å². The fraction of sp³-hybridized carbons (Fsp3) is 0.800. The zero-order valence-electron chi connectivity index (χ0n) is 5.27. The molecule has 0 unspecified atom stereocenters. The highest BCUT2D eigenvalue weighted by Crippen LogP contribution is 2.03. The zero-order chi connectivity index (χ0) is 6.15. The molecule has 1 rings (SSSR count). The van der Waals surface area contributed by atoms with Gasteiger partial charge in [0.05, 0.1) is 0 Å². The van der Waals surface area contributed by atoms with E-state index in [2.05, 4.69) is 5.32 Å². The van der Waals surface area contributed by atoms with Gasteiger partial charge in [0, 0.05) is 13.8 Å². The molecule has 2 nitrogen and oxygen atoms in total. The molecule has 0 spiro atoms. The lowest BCUT2D eigenvalue weighted by molar-refractivity contribution is -0.119. The predicted molar refractivity (Wildman–Crippen MR) is 26.8 cm³/mol. The summed E-state index contributed by atoms with van der Waals surface area (Å²) in [5, 5.41) is 2.64. The first kappa shape index (κ1) is 3.47. The molecule has 1 heterocycles. The molecule has 0 radical (unpaired) electrons. The summed E-state index contributed by atoms with van der Waals surface area (Å²) in [6.45, 7) is 1.91. The molecule has 0 aliphatic carbocycles. The second kappa shape index (κ2) is 1.52. The molecule has 1 aliphatic rings.